The van der Waals surface area contributed by atoms with Gasteiger partial charge in [0.2, 0.25) is 0 Å². The maximum absolute atomic E-state index is 12.7. The Balaban J connectivity index is 1.56. The van der Waals surface area contributed by atoms with E-state index in [1.54, 1.807) is 18.6 Å². The molecule has 0 bridgehead atoms. The number of likely N-dealkylation sites (N-methyl/N-ethyl adjacent to an activating group) is 1. The molecule has 4 heterocycles. The Morgan fingerprint density at radius 3 is 2.89 bits per heavy atom. The number of rotatable bonds is 6. The number of aromatic nitrogens is 3. The monoisotopic (exact) mass is 491 g/mol. The van der Waals surface area contributed by atoms with Crippen molar-refractivity contribution in [2.24, 2.45) is 20.8 Å². The van der Waals surface area contributed by atoms with Gasteiger partial charge in [-0.15, -0.1) is 5.73 Å². The van der Waals surface area contributed by atoms with Crippen LogP contribution in [-0.4, -0.2) is 63.0 Å². The van der Waals surface area contributed by atoms with Crippen molar-refractivity contribution in [2.45, 2.75) is 13.8 Å². The number of carbonyl (C=O) groups excluding carboxylic acids is 1. The number of fused-ring (bicyclic) bond motifs is 1. The number of aliphatic imine (C=N–C) groups is 2. The number of Topliss-reactive ketones (excluding diaryl/α,β-unsaturated/α-hetero) is 1. The van der Waals surface area contributed by atoms with Crippen molar-refractivity contribution in [2.75, 3.05) is 19.6 Å². The van der Waals surface area contributed by atoms with Gasteiger partial charge in [-0.1, -0.05) is 23.9 Å². The molecule has 0 saturated heterocycles. The lowest BCUT2D eigenvalue weighted by Crippen LogP contribution is -2.41. The SMILES string of the molecule is CCN(CC1=NCC=NN1)C1=Nc2c(-c3ccc(C4=CC=C=CC=C4)nc3)cnn2C(N)=C=C1C(C)=O. The number of nitrogens with two attached hydrogens (primary N) is 1. The molecular weight excluding hydrogens is 466 g/mol. The van der Waals surface area contributed by atoms with E-state index in [9.17, 15) is 4.79 Å². The van der Waals surface area contributed by atoms with Crippen LogP contribution in [-0.2, 0) is 4.79 Å². The minimum absolute atomic E-state index is 0.177. The summed E-state index contributed by atoms with van der Waals surface area (Å²) in [7, 11) is 0. The highest BCUT2D eigenvalue weighted by atomic mass is 16.1. The van der Waals surface area contributed by atoms with Crippen LogP contribution in [0.2, 0.25) is 0 Å². The van der Waals surface area contributed by atoms with Gasteiger partial charge in [0.05, 0.1) is 25.0 Å². The number of nitrogens with zero attached hydrogens (tertiary/aromatic N) is 7. The Kier molecular flexibility index (Phi) is 6.59. The molecule has 184 valence electrons. The van der Waals surface area contributed by atoms with E-state index in [4.69, 9.17) is 10.7 Å². The van der Waals surface area contributed by atoms with Crippen LogP contribution >= 0.6 is 0 Å². The van der Waals surface area contributed by atoms with E-state index in [1.165, 1.54) is 11.6 Å². The Hall–Kier alpha value is -5.04. The van der Waals surface area contributed by atoms with Crippen molar-refractivity contribution in [3.05, 3.63) is 77.6 Å². The molecule has 2 aromatic rings. The molecular formula is C27H25N9O. The van der Waals surface area contributed by atoms with Crippen LogP contribution in [0.5, 0.6) is 0 Å². The Labute approximate surface area is 214 Å². The van der Waals surface area contributed by atoms with E-state index >= 15 is 0 Å². The zero-order valence-corrected chi connectivity index (χ0v) is 20.5. The minimum Gasteiger partial charge on any atom is -0.377 e. The second-order valence-electron chi connectivity index (χ2n) is 8.31. The topological polar surface area (TPSA) is 126 Å². The molecule has 3 aliphatic rings. The second kappa shape index (κ2) is 10.3. The zero-order chi connectivity index (χ0) is 25.8. The molecule has 0 unspecified atom stereocenters. The molecule has 0 fully saturated rings. The smallest absolute Gasteiger partial charge is 0.172 e. The van der Waals surface area contributed by atoms with E-state index in [0.717, 1.165) is 22.4 Å². The minimum atomic E-state index is -0.205. The summed E-state index contributed by atoms with van der Waals surface area (Å²) in [5.41, 5.74) is 18.9. The van der Waals surface area contributed by atoms with Crippen molar-refractivity contribution >= 4 is 40.9 Å². The van der Waals surface area contributed by atoms with Crippen molar-refractivity contribution in [3.63, 3.8) is 0 Å². The normalized spacial score (nSPS) is 15.9. The number of allylic oxidation sites excluding steroid dienone is 5. The second-order valence-corrected chi connectivity index (χ2v) is 8.31. The van der Waals surface area contributed by atoms with E-state index in [1.807, 2.05) is 54.3 Å². The number of hydrazone groups is 1. The number of carbonyl (C=O) groups is 1. The third-order valence-corrected chi connectivity index (χ3v) is 5.88. The Morgan fingerprint density at radius 2 is 2.16 bits per heavy atom. The molecule has 10 nitrogen and oxygen atoms in total. The van der Waals surface area contributed by atoms with Crippen LogP contribution in [0.4, 0.5) is 5.82 Å². The number of nitrogens with one attached hydrogen (secondary N) is 1. The largest absolute Gasteiger partial charge is 0.377 e. The van der Waals surface area contributed by atoms with Gasteiger partial charge in [-0.05, 0) is 38.1 Å². The van der Waals surface area contributed by atoms with Crippen molar-refractivity contribution < 1.29 is 4.79 Å². The van der Waals surface area contributed by atoms with Crippen molar-refractivity contribution in [1.29, 1.82) is 0 Å². The van der Waals surface area contributed by atoms with Gasteiger partial charge >= 0.3 is 0 Å². The average molecular weight is 492 g/mol. The lowest BCUT2D eigenvalue weighted by Gasteiger charge is -2.25. The molecule has 0 radical (unpaired) electrons. The summed E-state index contributed by atoms with van der Waals surface area (Å²) in [6.45, 7) is 4.89. The highest BCUT2D eigenvalue weighted by molar-refractivity contribution is 6.22. The van der Waals surface area contributed by atoms with Gasteiger partial charge in [0.1, 0.15) is 17.2 Å². The lowest BCUT2D eigenvalue weighted by molar-refractivity contribution is -0.113. The molecule has 0 atom stereocenters. The van der Waals surface area contributed by atoms with Crippen LogP contribution in [0.3, 0.4) is 0 Å². The number of hydrogen-bond acceptors (Lipinski definition) is 9. The molecule has 1 aliphatic carbocycles. The fourth-order valence-electron chi connectivity index (χ4n) is 4.00. The van der Waals surface area contributed by atoms with Crippen molar-refractivity contribution in [3.8, 4) is 11.1 Å². The van der Waals surface area contributed by atoms with Crippen LogP contribution in [0.25, 0.3) is 22.5 Å². The van der Waals surface area contributed by atoms with Gasteiger partial charge in [-0.3, -0.25) is 20.2 Å². The molecule has 2 aliphatic heterocycles. The third kappa shape index (κ3) is 4.88. The number of hydrogen-bond donors (Lipinski definition) is 2. The molecule has 0 saturated carbocycles. The van der Waals surface area contributed by atoms with E-state index in [0.29, 0.717) is 37.1 Å². The first-order valence-corrected chi connectivity index (χ1v) is 11.8. The first-order chi connectivity index (χ1) is 18.0. The van der Waals surface area contributed by atoms with Gasteiger partial charge in [-0.25, -0.2) is 4.99 Å². The quantitative estimate of drug-likeness (QED) is 0.599. The average Bonchev–Trinajstić information content (AvgIpc) is 3.07. The highest BCUT2D eigenvalue weighted by Crippen LogP contribution is 2.33. The van der Waals surface area contributed by atoms with E-state index in [-0.39, 0.29) is 17.2 Å². The third-order valence-electron chi connectivity index (χ3n) is 5.88. The van der Waals surface area contributed by atoms with Crippen LogP contribution in [0.1, 0.15) is 19.5 Å². The molecule has 3 N–H and O–H groups in total. The number of amidine groups is 2. The van der Waals surface area contributed by atoms with Gasteiger partial charge in [0.15, 0.2) is 17.4 Å². The van der Waals surface area contributed by atoms with E-state index < -0.39 is 0 Å². The summed E-state index contributed by atoms with van der Waals surface area (Å²) in [6, 6.07) is 3.91. The summed E-state index contributed by atoms with van der Waals surface area (Å²) in [6.07, 6.45) is 14.7. The summed E-state index contributed by atoms with van der Waals surface area (Å²) < 4.78 is 1.49. The molecule has 0 amide bonds. The van der Waals surface area contributed by atoms with Gasteiger partial charge in [-0.2, -0.15) is 14.9 Å². The highest BCUT2D eigenvalue weighted by Gasteiger charge is 2.26. The standard InChI is InChI=1S/C27H25N9O/c1-3-35(17-25-29-12-13-31-34-25)26-21(18(2)37)14-24(28)36-27(33-26)22(16-32-36)20-10-11-23(30-15-20)19-8-6-4-5-7-9-19/h4,6-11,13,15-16H,3,12,17,28H2,1-2H3,(H,29,34). The predicted molar refractivity (Wildman–Crippen MR) is 145 cm³/mol. The van der Waals surface area contributed by atoms with Crippen molar-refractivity contribution in [1.82, 2.24) is 25.1 Å². The summed E-state index contributed by atoms with van der Waals surface area (Å²) in [4.78, 5) is 28.6. The Bertz CT molecular complexity index is 1530. The number of pyridine rings is 1. The van der Waals surface area contributed by atoms with Gasteiger partial charge in [0.25, 0.3) is 0 Å². The zero-order valence-electron chi connectivity index (χ0n) is 20.5. The van der Waals surface area contributed by atoms with Crippen LogP contribution in [0.15, 0.2) is 87.0 Å². The van der Waals surface area contributed by atoms with E-state index in [2.05, 4.69) is 37.1 Å². The fourth-order valence-corrected chi connectivity index (χ4v) is 4.00. The molecule has 37 heavy (non-hydrogen) atoms. The summed E-state index contributed by atoms with van der Waals surface area (Å²) in [5.74, 6) is 1.58. The summed E-state index contributed by atoms with van der Waals surface area (Å²) >= 11 is 0. The molecule has 2 aromatic heterocycles. The first kappa shape index (κ1) is 23.7. The fraction of sp³-hybridized carbons (Fsp3) is 0.185. The predicted octanol–water partition coefficient (Wildman–Crippen LogP) is 2.83. The molecule has 0 spiro atoms. The van der Waals surface area contributed by atoms with Crippen LogP contribution in [0, 0.1) is 0 Å². The van der Waals surface area contributed by atoms with Gasteiger partial charge < -0.3 is 10.6 Å². The number of ketones is 1. The van der Waals surface area contributed by atoms with Crippen LogP contribution < -0.4 is 11.2 Å². The van der Waals surface area contributed by atoms with Gasteiger partial charge in [0, 0.05) is 35.7 Å². The maximum Gasteiger partial charge on any atom is 0.172 e. The Morgan fingerprint density at radius 1 is 1.27 bits per heavy atom. The lowest BCUT2D eigenvalue weighted by atomic mass is 10.1. The molecule has 0 aromatic carbocycles. The first-order valence-electron chi connectivity index (χ1n) is 11.8. The molecule has 5 rings (SSSR count). The summed E-state index contributed by atoms with van der Waals surface area (Å²) in [5, 5.41) is 8.53. The maximum atomic E-state index is 12.7. The molecule has 10 heteroatoms.